The van der Waals surface area contributed by atoms with Gasteiger partial charge in [-0.3, -0.25) is 10.2 Å². The van der Waals surface area contributed by atoms with Crippen LogP contribution in [0.2, 0.25) is 0 Å². The van der Waals surface area contributed by atoms with Crippen molar-refractivity contribution in [1.29, 1.82) is 0 Å². The molecule has 2 aliphatic rings. The zero-order valence-corrected chi connectivity index (χ0v) is 13.7. The van der Waals surface area contributed by atoms with Gasteiger partial charge in [-0.05, 0) is 12.1 Å². The molecule has 2 aromatic rings. The number of halogens is 2. The van der Waals surface area contributed by atoms with Gasteiger partial charge in [0.15, 0.2) is 0 Å². The Morgan fingerprint density at radius 3 is 2.27 bits per heavy atom. The monoisotopic (exact) mass is 358 g/mol. The van der Waals surface area contributed by atoms with Crippen molar-refractivity contribution in [2.24, 2.45) is 0 Å². The van der Waals surface area contributed by atoms with Crippen LogP contribution in [0, 0.1) is 0 Å². The van der Waals surface area contributed by atoms with E-state index in [9.17, 15) is 18.7 Å². The van der Waals surface area contributed by atoms with Gasteiger partial charge in [-0.15, -0.1) is 0 Å². The second kappa shape index (κ2) is 5.81. The molecular formula is C19H16F2N2O3. The lowest BCUT2D eigenvalue weighted by molar-refractivity contribution is -0.196. The van der Waals surface area contributed by atoms with Crippen LogP contribution >= 0.6 is 0 Å². The van der Waals surface area contributed by atoms with Crippen molar-refractivity contribution in [2.45, 2.75) is 24.5 Å². The van der Waals surface area contributed by atoms with E-state index in [0.29, 0.717) is 27.6 Å². The normalized spacial score (nSPS) is 21.8. The first-order valence-electron chi connectivity index (χ1n) is 8.06. The van der Waals surface area contributed by atoms with Gasteiger partial charge in [0.1, 0.15) is 11.5 Å². The van der Waals surface area contributed by atoms with Gasteiger partial charge in [-0.25, -0.2) is 13.8 Å². The molecule has 0 aromatic heterocycles. The molecule has 7 heteroatoms. The fourth-order valence-electron chi connectivity index (χ4n) is 3.41. The number of benzene rings is 2. The molecule has 2 heterocycles. The van der Waals surface area contributed by atoms with Crippen LogP contribution in [0.1, 0.15) is 23.5 Å². The summed E-state index contributed by atoms with van der Waals surface area (Å²) in [5, 5.41) is 11.0. The standard InChI is InChI=1S/C19H16F2N2O3/c1-11-10-19(25,18(20)21)23(22-11)17(24)16-12-6-2-4-8-14(12)26-15-9-5-3-7-13(15)16/h2-9,16,18,22,25H,1,10H2. The highest BCUT2D eigenvalue weighted by Gasteiger charge is 2.53. The van der Waals surface area contributed by atoms with Gasteiger partial charge in [-0.1, -0.05) is 43.0 Å². The van der Waals surface area contributed by atoms with Crippen molar-refractivity contribution >= 4 is 5.91 Å². The fraction of sp³-hybridized carbons (Fsp3) is 0.211. The Kier molecular flexibility index (Phi) is 3.69. The third-order valence-corrected chi connectivity index (χ3v) is 4.63. The number of hydrogen-bond acceptors (Lipinski definition) is 4. The Morgan fingerprint density at radius 1 is 1.19 bits per heavy atom. The summed E-state index contributed by atoms with van der Waals surface area (Å²) in [5.41, 5.74) is 1.10. The predicted molar refractivity (Wildman–Crippen MR) is 89.5 cm³/mol. The van der Waals surface area contributed by atoms with Crippen LogP contribution in [0.25, 0.3) is 0 Å². The smallest absolute Gasteiger partial charge is 0.287 e. The van der Waals surface area contributed by atoms with Crippen LogP contribution in [0.4, 0.5) is 8.78 Å². The molecule has 5 nitrogen and oxygen atoms in total. The molecule has 1 fully saturated rings. The number of aliphatic hydroxyl groups is 1. The quantitative estimate of drug-likeness (QED) is 0.866. The number of hydrazine groups is 1. The minimum absolute atomic E-state index is 0.148. The van der Waals surface area contributed by atoms with E-state index < -0.39 is 30.4 Å². The number of nitrogens with zero attached hydrogens (tertiary/aromatic N) is 1. The van der Waals surface area contributed by atoms with Crippen LogP contribution in [0.15, 0.2) is 60.8 Å². The zero-order valence-electron chi connectivity index (χ0n) is 13.7. The molecule has 2 aliphatic heterocycles. The van der Waals surface area contributed by atoms with Gasteiger partial charge in [0.2, 0.25) is 5.72 Å². The number of nitrogens with one attached hydrogen (secondary N) is 1. The number of fused-ring (bicyclic) bond motifs is 2. The molecule has 134 valence electrons. The molecular weight excluding hydrogens is 342 g/mol. The Morgan fingerprint density at radius 2 is 1.73 bits per heavy atom. The first-order valence-corrected chi connectivity index (χ1v) is 8.06. The molecule has 26 heavy (non-hydrogen) atoms. The van der Waals surface area contributed by atoms with Crippen LogP contribution in [0.3, 0.4) is 0 Å². The van der Waals surface area contributed by atoms with E-state index in [2.05, 4.69) is 12.0 Å². The zero-order chi connectivity index (χ0) is 18.5. The van der Waals surface area contributed by atoms with Crippen molar-refractivity contribution in [3.63, 3.8) is 0 Å². The average molecular weight is 358 g/mol. The highest BCUT2D eigenvalue weighted by Crippen LogP contribution is 2.46. The lowest BCUT2D eigenvalue weighted by Gasteiger charge is -2.36. The molecule has 0 saturated carbocycles. The minimum Gasteiger partial charge on any atom is -0.457 e. The van der Waals surface area contributed by atoms with E-state index in [1.165, 1.54) is 0 Å². The summed E-state index contributed by atoms with van der Waals surface area (Å²) < 4.78 is 32.9. The maximum atomic E-state index is 13.5. The third kappa shape index (κ3) is 2.35. The number of hydrogen-bond donors (Lipinski definition) is 2. The van der Waals surface area contributed by atoms with Crippen LogP contribution in [0.5, 0.6) is 11.5 Å². The van der Waals surface area contributed by atoms with Crippen molar-refractivity contribution in [1.82, 2.24) is 10.4 Å². The molecule has 1 unspecified atom stereocenters. The van der Waals surface area contributed by atoms with Crippen LogP contribution in [-0.4, -0.2) is 28.2 Å². The fourth-order valence-corrected chi connectivity index (χ4v) is 3.41. The molecule has 1 atom stereocenters. The van der Waals surface area contributed by atoms with Crippen LogP contribution in [-0.2, 0) is 4.79 Å². The summed E-state index contributed by atoms with van der Waals surface area (Å²) in [5.74, 6) is -0.638. The van der Waals surface area contributed by atoms with Crippen molar-refractivity contribution in [2.75, 3.05) is 0 Å². The number of carbonyl (C=O) groups is 1. The molecule has 1 saturated heterocycles. The molecule has 0 radical (unpaired) electrons. The third-order valence-electron chi connectivity index (χ3n) is 4.63. The second-order valence-corrected chi connectivity index (χ2v) is 6.36. The number of amides is 1. The number of rotatable bonds is 2. The summed E-state index contributed by atoms with van der Waals surface area (Å²) in [6.07, 6.45) is -3.59. The maximum absolute atomic E-state index is 13.5. The van der Waals surface area contributed by atoms with Crippen molar-refractivity contribution in [3.8, 4) is 11.5 Å². The highest BCUT2D eigenvalue weighted by atomic mass is 19.3. The molecule has 0 bridgehead atoms. The lowest BCUT2D eigenvalue weighted by Crippen LogP contribution is -2.57. The largest absolute Gasteiger partial charge is 0.457 e. The summed E-state index contributed by atoms with van der Waals surface area (Å²) in [7, 11) is 0. The number of carbonyl (C=O) groups excluding carboxylic acids is 1. The van der Waals surface area contributed by atoms with Crippen molar-refractivity contribution in [3.05, 3.63) is 71.9 Å². The Balaban J connectivity index is 1.83. The summed E-state index contributed by atoms with van der Waals surface area (Å²) in [6.45, 7) is 3.58. The van der Waals surface area contributed by atoms with E-state index in [1.807, 2.05) is 0 Å². The van der Waals surface area contributed by atoms with Gasteiger partial charge in [0.05, 0.1) is 5.92 Å². The van der Waals surface area contributed by atoms with Gasteiger partial charge < -0.3 is 9.84 Å². The number of alkyl halides is 2. The van der Waals surface area contributed by atoms with Gasteiger partial charge in [0, 0.05) is 23.2 Å². The molecule has 2 aromatic carbocycles. The molecule has 1 amide bonds. The van der Waals surface area contributed by atoms with E-state index in [0.717, 1.165) is 0 Å². The molecule has 4 rings (SSSR count). The van der Waals surface area contributed by atoms with E-state index in [1.54, 1.807) is 48.5 Å². The summed E-state index contributed by atoms with van der Waals surface area (Å²) in [4.78, 5) is 13.3. The maximum Gasteiger partial charge on any atom is 0.287 e. The average Bonchev–Trinajstić information content (AvgIpc) is 2.95. The van der Waals surface area contributed by atoms with E-state index >= 15 is 0 Å². The Labute approximate surface area is 148 Å². The highest BCUT2D eigenvalue weighted by molar-refractivity contribution is 5.90. The van der Waals surface area contributed by atoms with E-state index in [4.69, 9.17) is 4.74 Å². The second-order valence-electron chi connectivity index (χ2n) is 6.36. The van der Waals surface area contributed by atoms with E-state index in [-0.39, 0.29) is 5.70 Å². The van der Waals surface area contributed by atoms with Crippen LogP contribution < -0.4 is 10.2 Å². The first-order chi connectivity index (χ1) is 12.4. The topological polar surface area (TPSA) is 61.8 Å². The number of ether oxygens (including phenoxy) is 1. The Bertz CT molecular complexity index is 856. The van der Waals surface area contributed by atoms with Gasteiger partial charge in [-0.2, -0.15) is 0 Å². The van der Waals surface area contributed by atoms with Crippen molar-refractivity contribution < 1.29 is 23.4 Å². The minimum atomic E-state index is -3.15. The predicted octanol–water partition coefficient (Wildman–Crippen LogP) is 3.13. The first kappa shape index (κ1) is 16.5. The lowest BCUT2D eigenvalue weighted by atomic mass is 9.86. The summed E-state index contributed by atoms with van der Waals surface area (Å²) in [6, 6.07) is 13.8. The van der Waals surface area contributed by atoms with Gasteiger partial charge >= 0.3 is 0 Å². The van der Waals surface area contributed by atoms with Gasteiger partial charge in [0.25, 0.3) is 12.3 Å². The SMILES string of the molecule is C=C1CC(O)(C(F)F)N(C(=O)C2c3ccccc3Oc3ccccc32)N1. The molecule has 0 spiro atoms. The Hall–Kier alpha value is -2.93. The molecule has 2 N–H and O–H groups in total. The molecule has 0 aliphatic carbocycles. The summed E-state index contributed by atoms with van der Waals surface area (Å²) >= 11 is 0. The number of para-hydroxylation sites is 2.